The van der Waals surface area contributed by atoms with Gasteiger partial charge in [-0.3, -0.25) is 4.79 Å². The zero-order valence-corrected chi connectivity index (χ0v) is 11.2. The van der Waals surface area contributed by atoms with E-state index in [0.717, 1.165) is 16.8 Å². The van der Waals surface area contributed by atoms with E-state index >= 15 is 0 Å². The van der Waals surface area contributed by atoms with Crippen LogP contribution < -0.4 is 10.5 Å². The minimum absolute atomic E-state index is 0.0263. The highest BCUT2D eigenvalue weighted by Crippen LogP contribution is 2.28. The molecule has 2 rings (SSSR count). The van der Waals surface area contributed by atoms with Crippen molar-refractivity contribution in [3.8, 4) is 5.75 Å². The molecule has 0 spiro atoms. The fourth-order valence-corrected chi connectivity index (χ4v) is 2.27. The summed E-state index contributed by atoms with van der Waals surface area (Å²) < 4.78 is 6.55. The molecular formula is C13H16BrNO2. The van der Waals surface area contributed by atoms with Gasteiger partial charge in [-0.25, -0.2) is 0 Å². The molecule has 92 valence electrons. The van der Waals surface area contributed by atoms with Gasteiger partial charge in [-0.2, -0.15) is 0 Å². The van der Waals surface area contributed by atoms with Crippen LogP contribution in [0.3, 0.4) is 0 Å². The number of hydrogen-bond donors (Lipinski definition) is 1. The maximum atomic E-state index is 11.5. The number of ketones is 1. The maximum Gasteiger partial charge on any atom is 0.176 e. The molecule has 3 nitrogen and oxygen atoms in total. The van der Waals surface area contributed by atoms with E-state index in [1.165, 1.54) is 19.3 Å². The molecule has 0 heterocycles. The van der Waals surface area contributed by atoms with Gasteiger partial charge in [0.25, 0.3) is 0 Å². The summed E-state index contributed by atoms with van der Waals surface area (Å²) in [5.74, 6) is 1.35. The van der Waals surface area contributed by atoms with Crippen molar-refractivity contribution in [2.24, 2.45) is 11.7 Å². The second-order valence-corrected chi connectivity index (χ2v) is 5.33. The lowest BCUT2D eigenvalue weighted by molar-refractivity contribution is 0.100. The highest BCUT2D eigenvalue weighted by atomic mass is 79.9. The summed E-state index contributed by atoms with van der Waals surface area (Å²) in [5.41, 5.74) is 5.95. The number of carbonyl (C=O) groups excluding carboxylic acids is 1. The summed E-state index contributed by atoms with van der Waals surface area (Å²) in [5, 5.41) is 0. The molecule has 1 aromatic carbocycles. The summed E-state index contributed by atoms with van der Waals surface area (Å²) in [7, 11) is 0. The molecule has 1 fully saturated rings. The molecule has 0 atom stereocenters. The van der Waals surface area contributed by atoms with Gasteiger partial charge < -0.3 is 10.5 Å². The predicted octanol–water partition coefficient (Wildman–Crippen LogP) is 2.77. The molecule has 0 aromatic heterocycles. The molecule has 1 aliphatic carbocycles. The van der Waals surface area contributed by atoms with Crippen molar-refractivity contribution in [1.82, 2.24) is 0 Å². The monoisotopic (exact) mass is 297 g/mol. The molecule has 0 radical (unpaired) electrons. The van der Waals surface area contributed by atoms with Crippen LogP contribution in [-0.4, -0.2) is 18.9 Å². The van der Waals surface area contributed by atoms with Gasteiger partial charge in [-0.15, -0.1) is 0 Å². The van der Waals surface area contributed by atoms with Gasteiger partial charge in [-0.1, -0.05) is 22.4 Å². The Morgan fingerprint density at radius 3 is 2.76 bits per heavy atom. The zero-order chi connectivity index (χ0) is 12.3. The highest BCUT2D eigenvalue weighted by Gasteiger charge is 2.18. The van der Waals surface area contributed by atoms with Gasteiger partial charge in [0.15, 0.2) is 5.78 Å². The van der Waals surface area contributed by atoms with Crippen LogP contribution in [0.1, 0.15) is 29.6 Å². The average Bonchev–Trinajstić information content (AvgIpc) is 2.25. The largest absolute Gasteiger partial charge is 0.493 e. The second-order valence-electron chi connectivity index (χ2n) is 4.41. The molecule has 1 aliphatic rings. The predicted molar refractivity (Wildman–Crippen MR) is 70.4 cm³/mol. The fourth-order valence-electron chi connectivity index (χ4n) is 1.80. The Hall–Kier alpha value is -0.870. The molecule has 0 bridgehead atoms. The van der Waals surface area contributed by atoms with E-state index in [-0.39, 0.29) is 12.3 Å². The third-order valence-electron chi connectivity index (χ3n) is 3.09. The van der Waals surface area contributed by atoms with Crippen molar-refractivity contribution < 1.29 is 9.53 Å². The molecule has 0 unspecified atom stereocenters. The number of hydrogen-bond acceptors (Lipinski definition) is 3. The molecule has 4 heteroatoms. The minimum Gasteiger partial charge on any atom is -0.493 e. The van der Waals surface area contributed by atoms with Crippen LogP contribution in [0.15, 0.2) is 22.7 Å². The Morgan fingerprint density at radius 2 is 2.18 bits per heavy atom. The number of nitrogens with two attached hydrogens (primary N) is 1. The van der Waals surface area contributed by atoms with Crippen LogP contribution in [-0.2, 0) is 0 Å². The third-order valence-corrected chi connectivity index (χ3v) is 3.55. The van der Waals surface area contributed by atoms with Crippen molar-refractivity contribution in [1.29, 1.82) is 0 Å². The highest BCUT2D eigenvalue weighted by molar-refractivity contribution is 9.10. The van der Waals surface area contributed by atoms with Crippen molar-refractivity contribution >= 4 is 21.7 Å². The van der Waals surface area contributed by atoms with Crippen LogP contribution in [0.5, 0.6) is 5.75 Å². The van der Waals surface area contributed by atoms with Gasteiger partial charge in [-0.05, 0) is 37.0 Å². The quantitative estimate of drug-likeness (QED) is 0.850. The molecule has 2 N–H and O–H groups in total. The lowest BCUT2D eigenvalue weighted by atomic mass is 9.86. The molecule has 0 saturated heterocycles. The van der Waals surface area contributed by atoms with Crippen LogP contribution in [0.2, 0.25) is 0 Å². The number of ether oxygens (including phenoxy) is 1. The van der Waals surface area contributed by atoms with E-state index in [9.17, 15) is 4.79 Å². The SMILES string of the molecule is NCC(=O)c1cc(Br)cc(OCC2CCC2)c1. The van der Waals surface area contributed by atoms with E-state index in [1.807, 2.05) is 6.07 Å². The number of carbonyl (C=O) groups is 1. The van der Waals surface area contributed by atoms with Gasteiger partial charge in [0.1, 0.15) is 5.75 Å². The van der Waals surface area contributed by atoms with Crippen molar-refractivity contribution in [3.63, 3.8) is 0 Å². The Kier molecular flexibility index (Phi) is 4.18. The second kappa shape index (κ2) is 5.65. The van der Waals surface area contributed by atoms with Crippen LogP contribution in [0, 0.1) is 5.92 Å². The molecular weight excluding hydrogens is 282 g/mol. The van der Waals surface area contributed by atoms with E-state index in [2.05, 4.69) is 15.9 Å². The first-order valence-corrected chi connectivity index (χ1v) is 6.65. The van der Waals surface area contributed by atoms with Gasteiger partial charge in [0, 0.05) is 10.0 Å². The molecule has 1 saturated carbocycles. The summed E-state index contributed by atoms with van der Waals surface area (Å²) in [6.07, 6.45) is 3.81. The first kappa shape index (κ1) is 12.6. The fraction of sp³-hybridized carbons (Fsp3) is 0.462. The summed E-state index contributed by atoms with van der Waals surface area (Å²) >= 11 is 3.38. The maximum absolute atomic E-state index is 11.5. The number of benzene rings is 1. The lowest BCUT2D eigenvalue weighted by Crippen LogP contribution is -2.19. The standard InChI is InChI=1S/C13H16BrNO2/c14-11-4-10(13(16)7-15)5-12(6-11)17-8-9-2-1-3-9/h4-6,9H,1-3,7-8,15H2. The normalized spacial score (nSPS) is 15.4. The Morgan fingerprint density at radius 1 is 1.41 bits per heavy atom. The summed E-state index contributed by atoms with van der Waals surface area (Å²) in [6.45, 7) is 0.769. The van der Waals surface area contributed by atoms with E-state index in [0.29, 0.717) is 11.5 Å². The molecule has 1 aromatic rings. The van der Waals surface area contributed by atoms with Crippen LogP contribution in [0.4, 0.5) is 0 Å². The average molecular weight is 298 g/mol. The van der Waals surface area contributed by atoms with E-state index in [4.69, 9.17) is 10.5 Å². The summed E-state index contributed by atoms with van der Waals surface area (Å²) in [4.78, 5) is 11.5. The first-order chi connectivity index (χ1) is 8.19. The van der Waals surface area contributed by atoms with Crippen molar-refractivity contribution in [2.75, 3.05) is 13.2 Å². The van der Waals surface area contributed by atoms with E-state index in [1.54, 1.807) is 12.1 Å². The van der Waals surface area contributed by atoms with Gasteiger partial charge >= 0.3 is 0 Å². The number of Topliss-reactive ketones (excluding diaryl/α,β-unsaturated/α-hetero) is 1. The number of halogens is 1. The van der Waals surface area contributed by atoms with Crippen molar-refractivity contribution in [3.05, 3.63) is 28.2 Å². The Bertz CT molecular complexity index is 416. The summed E-state index contributed by atoms with van der Waals surface area (Å²) in [6, 6.07) is 5.41. The zero-order valence-electron chi connectivity index (χ0n) is 9.62. The molecule has 17 heavy (non-hydrogen) atoms. The molecule has 0 amide bonds. The topological polar surface area (TPSA) is 52.3 Å². The lowest BCUT2D eigenvalue weighted by Gasteiger charge is -2.25. The minimum atomic E-state index is -0.0696. The van der Waals surface area contributed by atoms with Crippen LogP contribution in [0.25, 0.3) is 0 Å². The Labute approximate surface area is 109 Å². The smallest absolute Gasteiger partial charge is 0.176 e. The Balaban J connectivity index is 2.04. The van der Waals surface area contributed by atoms with Crippen molar-refractivity contribution in [2.45, 2.75) is 19.3 Å². The third kappa shape index (κ3) is 3.30. The number of rotatable bonds is 5. The van der Waals surface area contributed by atoms with Gasteiger partial charge in [0.05, 0.1) is 13.2 Å². The van der Waals surface area contributed by atoms with E-state index < -0.39 is 0 Å². The van der Waals surface area contributed by atoms with Crippen LogP contribution >= 0.6 is 15.9 Å². The van der Waals surface area contributed by atoms with Gasteiger partial charge in [0.2, 0.25) is 0 Å². The molecule has 0 aliphatic heterocycles. The first-order valence-electron chi connectivity index (χ1n) is 5.85.